The molecule has 0 aliphatic rings. The predicted molar refractivity (Wildman–Crippen MR) is 68.5 cm³/mol. The maximum Gasteiger partial charge on any atom is 0.282 e. The topological polar surface area (TPSA) is 85.1 Å². The van der Waals surface area contributed by atoms with Crippen molar-refractivity contribution in [2.24, 2.45) is 0 Å². The molecule has 19 heavy (non-hydrogen) atoms. The normalized spacial score (nSPS) is 9.89. The van der Waals surface area contributed by atoms with E-state index in [9.17, 15) is 14.9 Å². The largest absolute Gasteiger partial charge is 0.346 e. The lowest BCUT2D eigenvalue weighted by molar-refractivity contribution is -0.385. The first-order valence-electron chi connectivity index (χ1n) is 5.60. The third kappa shape index (κ3) is 3.12. The second-order valence-corrected chi connectivity index (χ2v) is 3.78. The molecular formula is C13H11N3O3. The molecule has 96 valence electrons. The standard InChI is InChI=1S/C13H11N3O3/c17-13(15-9-10-5-3-4-8-14-10)11-6-1-2-7-12(11)16(18)19/h1-8H,9H2,(H,15,17). The highest BCUT2D eigenvalue weighted by Crippen LogP contribution is 2.17. The van der Waals surface area contributed by atoms with E-state index in [1.807, 2.05) is 0 Å². The van der Waals surface area contributed by atoms with Gasteiger partial charge in [0.2, 0.25) is 0 Å². The lowest BCUT2D eigenvalue weighted by atomic mass is 10.1. The van der Waals surface area contributed by atoms with E-state index in [0.29, 0.717) is 5.69 Å². The van der Waals surface area contributed by atoms with E-state index in [1.54, 1.807) is 30.5 Å². The van der Waals surface area contributed by atoms with Gasteiger partial charge in [-0.2, -0.15) is 0 Å². The number of aromatic nitrogens is 1. The molecule has 0 unspecified atom stereocenters. The zero-order valence-electron chi connectivity index (χ0n) is 9.95. The SMILES string of the molecule is O=C(NCc1ccccn1)c1ccccc1[N+](=O)[O-]. The van der Waals surface area contributed by atoms with Crippen LogP contribution in [-0.2, 0) is 6.54 Å². The number of para-hydroxylation sites is 1. The Balaban J connectivity index is 2.10. The number of benzene rings is 1. The fourth-order valence-corrected chi connectivity index (χ4v) is 1.59. The summed E-state index contributed by atoms with van der Waals surface area (Å²) < 4.78 is 0. The van der Waals surface area contributed by atoms with Crippen molar-refractivity contribution in [3.05, 3.63) is 70.0 Å². The van der Waals surface area contributed by atoms with Crippen molar-refractivity contribution in [3.63, 3.8) is 0 Å². The third-order valence-electron chi connectivity index (χ3n) is 2.50. The van der Waals surface area contributed by atoms with Gasteiger partial charge in [-0.05, 0) is 18.2 Å². The summed E-state index contributed by atoms with van der Waals surface area (Å²) in [6.45, 7) is 0.228. The number of nitro groups is 1. The van der Waals surface area contributed by atoms with Gasteiger partial charge in [0.05, 0.1) is 17.2 Å². The number of nitro benzene ring substituents is 1. The summed E-state index contributed by atoms with van der Waals surface area (Å²) in [5, 5.41) is 13.4. The van der Waals surface area contributed by atoms with Crippen LogP contribution in [0.2, 0.25) is 0 Å². The summed E-state index contributed by atoms with van der Waals surface area (Å²) in [6, 6.07) is 11.2. The van der Waals surface area contributed by atoms with Crippen LogP contribution in [0.4, 0.5) is 5.69 Å². The van der Waals surface area contributed by atoms with Crippen LogP contribution in [-0.4, -0.2) is 15.8 Å². The van der Waals surface area contributed by atoms with Gasteiger partial charge in [0.25, 0.3) is 11.6 Å². The monoisotopic (exact) mass is 257 g/mol. The number of hydrogen-bond donors (Lipinski definition) is 1. The van der Waals surface area contributed by atoms with Gasteiger partial charge in [-0.15, -0.1) is 0 Å². The molecule has 0 saturated heterocycles. The van der Waals surface area contributed by atoms with Gasteiger partial charge in [0.1, 0.15) is 5.56 Å². The van der Waals surface area contributed by atoms with Gasteiger partial charge < -0.3 is 5.32 Å². The molecule has 0 aliphatic carbocycles. The molecule has 1 aromatic heterocycles. The Kier molecular flexibility index (Phi) is 3.82. The Labute approximate surface area is 109 Å². The Bertz CT molecular complexity index is 599. The predicted octanol–water partition coefficient (Wildman–Crippen LogP) is 1.92. The number of nitrogens with one attached hydrogen (secondary N) is 1. The molecule has 6 heteroatoms. The zero-order valence-corrected chi connectivity index (χ0v) is 9.95. The molecular weight excluding hydrogens is 246 g/mol. The average molecular weight is 257 g/mol. The molecule has 0 aliphatic heterocycles. The van der Waals surface area contributed by atoms with Gasteiger partial charge in [-0.3, -0.25) is 19.9 Å². The van der Waals surface area contributed by atoms with Crippen LogP contribution < -0.4 is 5.32 Å². The summed E-state index contributed by atoms with van der Waals surface area (Å²) in [7, 11) is 0. The Morgan fingerprint density at radius 3 is 2.63 bits per heavy atom. The van der Waals surface area contributed by atoms with Gasteiger partial charge in [0.15, 0.2) is 0 Å². The van der Waals surface area contributed by atoms with Crippen molar-refractivity contribution >= 4 is 11.6 Å². The van der Waals surface area contributed by atoms with E-state index < -0.39 is 10.8 Å². The second kappa shape index (κ2) is 5.72. The van der Waals surface area contributed by atoms with Crippen LogP contribution in [0.25, 0.3) is 0 Å². The Morgan fingerprint density at radius 1 is 1.21 bits per heavy atom. The highest BCUT2D eigenvalue weighted by molar-refractivity contribution is 5.98. The molecule has 0 spiro atoms. The number of nitrogens with zero attached hydrogens (tertiary/aromatic N) is 2. The molecule has 0 fully saturated rings. The summed E-state index contributed by atoms with van der Waals surface area (Å²) in [6.07, 6.45) is 1.62. The molecule has 0 bridgehead atoms. The van der Waals surface area contributed by atoms with Gasteiger partial charge in [0, 0.05) is 12.3 Å². The van der Waals surface area contributed by atoms with Crippen LogP contribution in [0.3, 0.4) is 0 Å². The number of pyridine rings is 1. The first-order chi connectivity index (χ1) is 9.18. The van der Waals surface area contributed by atoms with Gasteiger partial charge in [-0.1, -0.05) is 18.2 Å². The second-order valence-electron chi connectivity index (χ2n) is 3.78. The van der Waals surface area contributed by atoms with Gasteiger partial charge in [-0.25, -0.2) is 0 Å². The first kappa shape index (κ1) is 12.7. The average Bonchev–Trinajstić information content (AvgIpc) is 2.46. The smallest absolute Gasteiger partial charge is 0.282 e. The zero-order chi connectivity index (χ0) is 13.7. The van der Waals surface area contributed by atoms with E-state index in [0.717, 1.165) is 0 Å². The minimum absolute atomic E-state index is 0.0448. The summed E-state index contributed by atoms with van der Waals surface area (Å²) in [4.78, 5) is 26.2. The highest BCUT2D eigenvalue weighted by Gasteiger charge is 2.18. The Morgan fingerprint density at radius 2 is 1.95 bits per heavy atom. The number of carbonyl (C=O) groups is 1. The van der Waals surface area contributed by atoms with E-state index in [1.165, 1.54) is 18.2 Å². The van der Waals surface area contributed by atoms with Crippen LogP contribution in [0, 0.1) is 10.1 Å². The number of carbonyl (C=O) groups excluding carboxylic acids is 1. The maximum absolute atomic E-state index is 11.9. The van der Waals surface area contributed by atoms with E-state index in [4.69, 9.17) is 0 Å². The quantitative estimate of drug-likeness (QED) is 0.669. The van der Waals surface area contributed by atoms with Crippen molar-refractivity contribution in [1.82, 2.24) is 10.3 Å². The fraction of sp³-hybridized carbons (Fsp3) is 0.0769. The summed E-state index contributed by atoms with van der Waals surface area (Å²) >= 11 is 0. The molecule has 0 atom stereocenters. The number of rotatable bonds is 4. The maximum atomic E-state index is 11.9. The van der Waals surface area contributed by atoms with Crippen LogP contribution in [0.5, 0.6) is 0 Å². The molecule has 0 radical (unpaired) electrons. The number of hydrogen-bond acceptors (Lipinski definition) is 4. The third-order valence-corrected chi connectivity index (χ3v) is 2.50. The fourth-order valence-electron chi connectivity index (χ4n) is 1.59. The molecule has 6 nitrogen and oxygen atoms in total. The lowest BCUT2D eigenvalue weighted by Crippen LogP contribution is -2.24. The van der Waals surface area contributed by atoms with Crippen LogP contribution in [0.15, 0.2) is 48.7 Å². The molecule has 2 aromatic rings. The molecule has 2 rings (SSSR count). The van der Waals surface area contributed by atoms with E-state index in [2.05, 4.69) is 10.3 Å². The van der Waals surface area contributed by atoms with Gasteiger partial charge >= 0.3 is 0 Å². The Hall–Kier alpha value is -2.76. The van der Waals surface area contributed by atoms with Crippen molar-refractivity contribution in [3.8, 4) is 0 Å². The first-order valence-corrected chi connectivity index (χ1v) is 5.60. The molecule has 1 N–H and O–H groups in total. The van der Waals surface area contributed by atoms with Crippen LogP contribution in [0.1, 0.15) is 16.1 Å². The molecule has 1 aromatic carbocycles. The highest BCUT2D eigenvalue weighted by atomic mass is 16.6. The number of amides is 1. The molecule has 1 heterocycles. The van der Waals surface area contributed by atoms with E-state index >= 15 is 0 Å². The summed E-state index contributed by atoms with van der Waals surface area (Å²) in [5.74, 6) is -0.488. The minimum atomic E-state index is -0.574. The van der Waals surface area contributed by atoms with Crippen LogP contribution >= 0.6 is 0 Å². The minimum Gasteiger partial charge on any atom is -0.346 e. The summed E-state index contributed by atoms with van der Waals surface area (Å²) in [5.41, 5.74) is 0.527. The van der Waals surface area contributed by atoms with E-state index in [-0.39, 0.29) is 17.8 Å². The molecule has 0 saturated carbocycles. The molecule has 1 amide bonds. The van der Waals surface area contributed by atoms with Crippen molar-refractivity contribution in [1.29, 1.82) is 0 Å². The lowest BCUT2D eigenvalue weighted by Gasteiger charge is -2.05. The van der Waals surface area contributed by atoms with Crippen molar-refractivity contribution < 1.29 is 9.72 Å². The van der Waals surface area contributed by atoms with Crippen molar-refractivity contribution in [2.75, 3.05) is 0 Å². The van der Waals surface area contributed by atoms with Crippen molar-refractivity contribution in [2.45, 2.75) is 6.54 Å².